The molecule has 0 aromatic carbocycles. The average Bonchev–Trinajstić information content (AvgIpc) is 2.92. The summed E-state index contributed by atoms with van der Waals surface area (Å²) >= 11 is 0. The molecule has 0 amide bonds. The zero-order valence-electron chi connectivity index (χ0n) is 15.1. The van der Waals surface area contributed by atoms with Crippen LogP contribution in [0.3, 0.4) is 0 Å². The van der Waals surface area contributed by atoms with Crippen LogP contribution in [-0.2, 0) is 27.2 Å². The first-order valence-corrected chi connectivity index (χ1v) is 10.0. The average molecular weight is 348 g/mol. The number of aryl methyl sites for hydroxylation is 2. The van der Waals surface area contributed by atoms with Crippen LogP contribution in [0.1, 0.15) is 59.3 Å². The Morgan fingerprint density at radius 3 is 1.96 bits per heavy atom. The number of imidazole rings is 1. The van der Waals surface area contributed by atoms with E-state index in [4.69, 9.17) is 0 Å². The van der Waals surface area contributed by atoms with Gasteiger partial charge in [-0.25, -0.2) is 9.13 Å². The number of hydrogen-bond donors (Lipinski definition) is 0. The maximum Gasteiger partial charge on any atom is 0.267 e. The van der Waals surface area contributed by atoms with Crippen molar-refractivity contribution < 1.29 is 23.1 Å². The molecule has 23 heavy (non-hydrogen) atoms. The van der Waals surface area contributed by atoms with Crippen LogP contribution in [0.4, 0.5) is 0 Å². The lowest BCUT2D eigenvalue weighted by atomic mass is 10.3. The van der Waals surface area contributed by atoms with Crippen LogP contribution in [0.15, 0.2) is 18.7 Å². The normalized spacial score (nSPS) is 11.2. The fraction of sp³-hybridized carbons (Fsp3) is 0.812. The number of nitrogens with zero attached hydrogens (tertiary/aromatic N) is 2. The highest BCUT2D eigenvalue weighted by molar-refractivity contribution is 7.45. The Labute approximate surface area is 141 Å². The molecule has 0 bridgehead atoms. The maximum atomic E-state index is 11.0. The number of unbranched alkanes of at least 4 members (excludes halogenated alkanes) is 3. The summed E-state index contributed by atoms with van der Waals surface area (Å²) in [4.78, 5) is 11.0. The fourth-order valence-corrected chi connectivity index (χ4v) is 2.43. The van der Waals surface area contributed by atoms with Crippen molar-refractivity contribution in [2.24, 2.45) is 7.05 Å². The van der Waals surface area contributed by atoms with E-state index in [0.717, 1.165) is 32.2 Å². The van der Waals surface area contributed by atoms with Gasteiger partial charge < -0.3 is 13.9 Å². The molecule has 1 rings (SSSR count). The van der Waals surface area contributed by atoms with Crippen molar-refractivity contribution in [2.45, 2.75) is 65.8 Å². The Hall–Kier alpha value is -0.680. The third kappa shape index (κ3) is 13.5. The van der Waals surface area contributed by atoms with Crippen molar-refractivity contribution >= 4 is 7.82 Å². The Kier molecular flexibility index (Phi) is 13.3. The fourth-order valence-electron chi connectivity index (χ4n) is 1.65. The predicted molar refractivity (Wildman–Crippen MR) is 89.8 cm³/mol. The third-order valence-corrected chi connectivity index (χ3v) is 4.09. The highest BCUT2D eigenvalue weighted by atomic mass is 31.2. The summed E-state index contributed by atoms with van der Waals surface area (Å²) in [5, 5.41) is 0. The number of phosphoric acid groups is 1. The Morgan fingerprint density at radius 1 is 1.04 bits per heavy atom. The number of hydrogen-bond acceptors (Lipinski definition) is 4. The minimum atomic E-state index is -4.00. The minimum absolute atomic E-state index is 0.226. The quantitative estimate of drug-likeness (QED) is 0.350. The van der Waals surface area contributed by atoms with Gasteiger partial charge in [0.15, 0.2) is 0 Å². The Balaban J connectivity index is 0.000000433. The van der Waals surface area contributed by atoms with Crippen LogP contribution < -0.4 is 9.46 Å². The summed E-state index contributed by atoms with van der Waals surface area (Å²) in [6.07, 6.45) is 12.1. The second-order valence-electron chi connectivity index (χ2n) is 5.49. The molecule has 136 valence electrons. The van der Waals surface area contributed by atoms with Crippen molar-refractivity contribution in [3.8, 4) is 0 Å². The third-order valence-electron chi connectivity index (χ3n) is 3.09. The van der Waals surface area contributed by atoms with Gasteiger partial charge in [-0.15, -0.1) is 0 Å². The first-order valence-electron chi connectivity index (χ1n) is 8.56. The van der Waals surface area contributed by atoms with Gasteiger partial charge in [-0.3, -0.25) is 4.57 Å². The smallest absolute Gasteiger partial charge is 0.267 e. The molecule has 0 aliphatic heterocycles. The van der Waals surface area contributed by atoms with Crippen LogP contribution in [0, 0.1) is 0 Å². The Morgan fingerprint density at radius 2 is 1.57 bits per heavy atom. The first kappa shape index (κ1) is 22.3. The summed E-state index contributed by atoms with van der Waals surface area (Å²) in [7, 11) is -1.96. The molecule has 6 nitrogen and oxygen atoms in total. The zero-order valence-corrected chi connectivity index (χ0v) is 16.0. The van der Waals surface area contributed by atoms with E-state index in [0.29, 0.717) is 0 Å². The van der Waals surface area contributed by atoms with E-state index in [1.165, 1.54) is 12.8 Å². The lowest BCUT2D eigenvalue weighted by molar-refractivity contribution is -0.671. The van der Waals surface area contributed by atoms with Crippen molar-refractivity contribution in [3.05, 3.63) is 18.7 Å². The standard InChI is InChI=1S/C8H15N2.C8H19O4P/c1-3-4-5-10-7-6-9(2)8-10;1-3-5-7-11-13(9,10)12-8-6-4-2/h6-8H,3-5H2,1-2H3;3-8H2,1-2H3,(H,9,10)/q+1;/p-1. The molecule has 0 aliphatic rings. The second-order valence-corrected chi connectivity index (χ2v) is 6.90. The summed E-state index contributed by atoms with van der Waals surface area (Å²) < 4.78 is 24.4. The summed E-state index contributed by atoms with van der Waals surface area (Å²) in [5.41, 5.74) is 0. The van der Waals surface area contributed by atoms with Crippen LogP contribution in [0.2, 0.25) is 0 Å². The molecule has 0 N–H and O–H groups in total. The molecule has 0 saturated heterocycles. The van der Waals surface area contributed by atoms with Gasteiger partial charge in [0.2, 0.25) is 6.33 Å². The van der Waals surface area contributed by atoms with E-state index in [1.54, 1.807) is 0 Å². The van der Waals surface area contributed by atoms with Gasteiger partial charge in [-0.05, 0) is 19.3 Å². The molecule has 1 aromatic heterocycles. The summed E-state index contributed by atoms with van der Waals surface area (Å²) in [6, 6.07) is 0. The topological polar surface area (TPSA) is 67.4 Å². The van der Waals surface area contributed by atoms with Crippen LogP contribution >= 0.6 is 7.82 Å². The highest BCUT2D eigenvalue weighted by Crippen LogP contribution is 2.38. The van der Waals surface area contributed by atoms with E-state index < -0.39 is 7.82 Å². The van der Waals surface area contributed by atoms with Crippen LogP contribution in [0.25, 0.3) is 0 Å². The molecular formula is C16H33N2O4P. The van der Waals surface area contributed by atoms with Crippen molar-refractivity contribution in [2.75, 3.05) is 13.2 Å². The highest BCUT2D eigenvalue weighted by Gasteiger charge is 2.07. The van der Waals surface area contributed by atoms with Gasteiger partial charge >= 0.3 is 0 Å². The van der Waals surface area contributed by atoms with E-state index in [2.05, 4.69) is 43.8 Å². The molecule has 0 unspecified atom stereocenters. The molecule has 0 spiro atoms. The van der Waals surface area contributed by atoms with E-state index in [1.807, 2.05) is 20.9 Å². The molecule has 7 heteroatoms. The lowest BCUT2D eigenvalue weighted by Gasteiger charge is -2.22. The molecule has 0 aliphatic carbocycles. The molecule has 0 fully saturated rings. The monoisotopic (exact) mass is 348 g/mol. The molecule has 0 radical (unpaired) electrons. The van der Waals surface area contributed by atoms with Crippen molar-refractivity contribution in [1.82, 2.24) is 4.57 Å². The predicted octanol–water partition coefficient (Wildman–Crippen LogP) is 3.20. The number of rotatable bonds is 11. The zero-order chi connectivity index (χ0) is 17.6. The minimum Gasteiger partial charge on any atom is -0.756 e. The molecule has 0 atom stereocenters. The van der Waals surface area contributed by atoms with Gasteiger partial charge in [-0.2, -0.15) is 0 Å². The van der Waals surface area contributed by atoms with E-state index >= 15 is 0 Å². The van der Waals surface area contributed by atoms with Gasteiger partial charge in [0, 0.05) is 0 Å². The van der Waals surface area contributed by atoms with Crippen LogP contribution in [-0.4, -0.2) is 17.8 Å². The van der Waals surface area contributed by atoms with Crippen molar-refractivity contribution in [1.29, 1.82) is 0 Å². The van der Waals surface area contributed by atoms with E-state index in [-0.39, 0.29) is 13.2 Å². The Bertz CT molecular complexity index is 423. The van der Waals surface area contributed by atoms with Gasteiger partial charge in [0.25, 0.3) is 7.82 Å². The van der Waals surface area contributed by atoms with Crippen molar-refractivity contribution in [3.63, 3.8) is 0 Å². The van der Waals surface area contributed by atoms with Gasteiger partial charge in [-0.1, -0.05) is 40.0 Å². The molecule has 1 aromatic rings. The van der Waals surface area contributed by atoms with Gasteiger partial charge in [0.05, 0.1) is 26.8 Å². The molecule has 0 saturated carbocycles. The number of phosphoric ester groups is 1. The van der Waals surface area contributed by atoms with Gasteiger partial charge in [0.1, 0.15) is 12.4 Å². The lowest BCUT2D eigenvalue weighted by Crippen LogP contribution is -2.23. The summed E-state index contributed by atoms with van der Waals surface area (Å²) in [6.45, 7) is 7.75. The number of aromatic nitrogens is 2. The van der Waals surface area contributed by atoms with E-state index in [9.17, 15) is 9.46 Å². The van der Waals surface area contributed by atoms with Crippen LogP contribution in [0.5, 0.6) is 0 Å². The second kappa shape index (κ2) is 13.7. The largest absolute Gasteiger partial charge is 0.756 e. The summed E-state index contributed by atoms with van der Waals surface area (Å²) in [5.74, 6) is 0. The first-order chi connectivity index (χ1) is 10.9. The maximum absolute atomic E-state index is 11.0. The molecular weight excluding hydrogens is 315 g/mol. The molecule has 1 heterocycles. The SMILES string of the molecule is CCCCOP(=O)([O-])OCCCC.CCCCn1cc[n+](C)c1.